The Kier molecular flexibility index (Phi) is 2.92. The first-order valence-electron chi connectivity index (χ1n) is 6.69. The molecule has 0 spiro atoms. The Hall–Kier alpha value is -3.56. The van der Waals surface area contributed by atoms with Gasteiger partial charge >= 0.3 is 0 Å². The molecule has 8 nitrogen and oxygen atoms in total. The Morgan fingerprint density at radius 3 is 2.79 bits per heavy atom. The zero-order valence-electron chi connectivity index (χ0n) is 11.9. The molecule has 9 heteroatoms. The molecule has 0 bridgehead atoms. The molecule has 1 aliphatic rings. The predicted molar refractivity (Wildman–Crippen MR) is 84.7 cm³/mol. The summed E-state index contributed by atoms with van der Waals surface area (Å²) in [6.45, 7) is 0.117. The molecule has 0 atom stereocenters. The quantitative estimate of drug-likeness (QED) is 0.712. The minimum absolute atomic E-state index is 0.0104. The summed E-state index contributed by atoms with van der Waals surface area (Å²) in [6, 6.07) is 8.82. The van der Waals surface area contributed by atoms with E-state index in [0.29, 0.717) is 17.1 Å². The fraction of sp³-hybridized carbons (Fsp3) is 0.0667. The minimum Gasteiger partial charge on any atom is -0.454 e. The second-order valence-electron chi connectivity index (χ2n) is 4.87. The number of ether oxygens (including phenoxy) is 2. The smallest absolute Gasteiger partial charge is 0.278 e. The normalized spacial score (nSPS) is 12.1. The summed E-state index contributed by atoms with van der Waals surface area (Å²) in [5.74, 6) is 1.09. The van der Waals surface area contributed by atoms with Gasteiger partial charge in [-0.05, 0) is 18.2 Å². The standard InChI is InChI=1S/C15H7N5O3S/c16-4-8-12(7-1-2-9-10(3-7)23-6-22-9)19-15-20(14(8)21)13(18)11(5-17)24-15/h1-3H,6,18H2. The van der Waals surface area contributed by atoms with Gasteiger partial charge in [0.2, 0.25) is 6.79 Å². The third kappa shape index (κ3) is 1.82. The maximum Gasteiger partial charge on any atom is 0.278 e. The highest BCUT2D eigenvalue weighted by molar-refractivity contribution is 7.18. The Labute approximate surface area is 138 Å². The summed E-state index contributed by atoms with van der Waals surface area (Å²) in [7, 11) is 0. The van der Waals surface area contributed by atoms with Gasteiger partial charge in [-0.1, -0.05) is 11.3 Å². The number of hydrogen-bond donors (Lipinski definition) is 1. The number of nitrogens with two attached hydrogens (primary N) is 1. The lowest BCUT2D eigenvalue weighted by Gasteiger charge is -2.05. The van der Waals surface area contributed by atoms with Crippen LogP contribution in [0.5, 0.6) is 11.5 Å². The fourth-order valence-electron chi connectivity index (χ4n) is 2.46. The Morgan fingerprint density at radius 2 is 2.04 bits per heavy atom. The van der Waals surface area contributed by atoms with Crippen LogP contribution in [0.2, 0.25) is 0 Å². The van der Waals surface area contributed by atoms with Crippen LogP contribution in [0, 0.1) is 22.7 Å². The molecule has 2 aromatic heterocycles. The van der Waals surface area contributed by atoms with Gasteiger partial charge in [0.1, 0.15) is 28.4 Å². The molecule has 4 rings (SSSR count). The Balaban J connectivity index is 2.04. The minimum atomic E-state index is -0.606. The molecule has 0 fully saturated rings. The van der Waals surface area contributed by atoms with Crippen LogP contribution in [-0.4, -0.2) is 16.2 Å². The number of hydrogen-bond acceptors (Lipinski definition) is 8. The number of benzene rings is 1. The lowest BCUT2D eigenvalue weighted by molar-refractivity contribution is 0.174. The van der Waals surface area contributed by atoms with Gasteiger partial charge < -0.3 is 15.2 Å². The van der Waals surface area contributed by atoms with Gasteiger partial charge in [0, 0.05) is 5.56 Å². The lowest BCUT2D eigenvalue weighted by Crippen LogP contribution is -2.20. The largest absolute Gasteiger partial charge is 0.454 e. The molecule has 116 valence electrons. The molecule has 3 aromatic rings. The number of nitrogen functional groups attached to an aromatic ring is 1. The van der Waals surface area contributed by atoms with Crippen LogP contribution < -0.4 is 20.8 Å². The molecule has 0 radical (unpaired) electrons. The average molecular weight is 337 g/mol. The number of nitriles is 2. The summed E-state index contributed by atoms with van der Waals surface area (Å²) in [5, 5.41) is 18.5. The van der Waals surface area contributed by atoms with Crippen LogP contribution in [0.15, 0.2) is 23.0 Å². The highest BCUT2D eigenvalue weighted by atomic mass is 32.1. The van der Waals surface area contributed by atoms with E-state index in [1.54, 1.807) is 18.2 Å². The van der Waals surface area contributed by atoms with E-state index in [1.165, 1.54) is 0 Å². The molecular weight excluding hydrogens is 330 g/mol. The van der Waals surface area contributed by atoms with E-state index in [4.69, 9.17) is 20.5 Å². The van der Waals surface area contributed by atoms with Crippen molar-refractivity contribution in [1.29, 1.82) is 10.5 Å². The topological polar surface area (TPSA) is 126 Å². The van der Waals surface area contributed by atoms with Crippen molar-refractivity contribution in [3.63, 3.8) is 0 Å². The summed E-state index contributed by atoms with van der Waals surface area (Å²) < 4.78 is 11.6. The van der Waals surface area contributed by atoms with Crippen LogP contribution in [0.3, 0.4) is 0 Å². The Bertz CT molecular complexity index is 1150. The summed E-state index contributed by atoms with van der Waals surface area (Å²) >= 11 is 0.992. The van der Waals surface area contributed by atoms with Gasteiger partial charge in [-0.3, -0.25) is 4.79 Å². The molecule has 0 aliphatic carbocycles. The van der Waals surface area contributed by atoms with Crippen molar-refractivity contribution in [3.05, 3.63) is 39.0 Å². The van der Waals surface area contributed by atoms with E-state index in [9.17, 15) is 10.1 Å². The van der Waals surface area contributed by atoms with Crippen LogP contribution in [-0.2, 0) is 0 Å². The number of thiazole rings is 1. The SMILES string of the molecule is N#Cc1sc2nc(-c3ccc4c(c3)OCO4)c(C#N)c(=O)n2c1N. The molecular formula is C15H7N5O3S. The van der Waals surface area contributed by atoms with Gasteiger partial charge in [0.05, 0.1) is 5.69 Å². The number of aromatic nitrogens is 2. The number of anilines is 1. The Morgan fingerprint density at radius 1 is 1.25 bits per heavy atom. The van der Waals surface area contributed by atoms with E-state index in [2.05, 4.69) is 4.98 Å². The van der Waals surface area contributed by atoms with Crippen LogP contribution in [0.25, 0.3) is 16.2 Å². The zero-order valence-corrected chi connectivity index (χ0v) is 12.8. The molecule has 1 aromatic carbocycles. The molecule has 0 saturated heterocycles. The van der Waals surface area contributed by atoms with Crippen molar-refractivity contribution >= 4 is 22.1 Å². The van der Waals surface area contributed by atoms with E-state index < -0.39 is 5.56 Å². The zero-order chi connectivity index (χ0) is 16.8. The second-order valence-corrected chi connectivity index (χ2v) is 5.84. The molecule has 0 saturated carbocycles. The van der Waals surface area contributed by atoms with E-state index in [1.807, 2.05) is 12.1 Å². The maximum atomic E-state index is 12.6. The van der Waals surface area contributed by atoms with Crippen molar-refractivity contribution in [2.24, 2.45) is 0 Å². The fourth-order valence-corrected chi connectivity index (χ4v) is 3.29. The van der Waals surface area contributed by atoms with Crippen molar-refractivity contribution < 1.29 is 9.47 Å². The molecule has 3 heterocycles. The maximum absolute atomic E-state index is 12.6. The summed E-state index contributed by atoms with van der Waals surface area (Å²) in [6.07, 6.45) is 0. The second kappa shape index (κ2) is 4.98. The molecule has 0 amide bonds. The van der Waals surface area contributed by atoms with Crippen molar-refractivity contribution in [2.75, 3.05) is 12.5 Å². The van der Waals surface area contributed by atoms with Crippen LogP contribution >= 0.6 is 11.3 Å². The van der Waals surface area contributed by atoms with E-state index in [0.717, 1.165) is 15.7 Å². The average Bonchev–Trinajstić information content (AvgIpc) is 3.18. The number of nitrogens with zero attached hydrogens (tertiary/aromatic N) is 4. The van der Waals surface area contributed by atoms with Gasteiger partial charge in [-0.2, -0.15) is 10.5 Å². The van der Waals surface area contributed by atoms with Gasteiger partial charge in [0.15, 0.2) is 16.5 Å². The summed E-state index contributed by atoms with van der Waals surface area (Å²) in [4.78, 5) is 17.4. The van der Waals surface area contributed by atoms with Crippen molar-refractivity contribution in [1.82, 2.24) is 9.38 Å². The molecule has 0 unspecified atom stereocenters. The molecule has 24 heavy (non-hydrogen) atoms. The highest BCUT2D eigenvalue weighted by Gasteiger charge is 2.21. The third-order valence-corrected chi connectivity index (χ3v) is 4.54. The van der Waals surface area contributed by atoms with Crippen molar-refractivity contribution in [3.8, 4) is 34.9 Å². The van der Waals surface area contributed by atoms with Gasteiger partial charge in [-0.15, -0.1) is 0 Å². The van der Waals surface area contributed by atoms with Crippen LogP contribution in [0.4, 0.5) is 5.82 Å². The first kappa shape index (κ1) is 14.1. The van der Waals surface area contributed by atoms with E-state index >= 15 is 0 Å². The highest BCUT2D eigenvalue weighted by Crippen LogP contribution is 2.36. The number of rotatable bonds is 1. The number of fused-ring (bicyclic) bond motifs is 2. The monoisotopic (exact) mass is 337 g/mol. The van der Waals surface area contributed by atoms with Gasteiger partial charge in [-0.25, -0.2) is 9.38 Å². The molecule has 2 N–H and O–H groups in total. The first-order valence-corrected chi connectivity index (χ1v) is 7.51. The summed E-state index contributed by atoms with van der Waals surface area (Å²) in [5.41, 5.74) is 5.80. The molecule has 1 aliphatic heterocycles. The van der Waals surface area contributed by atoms with E-state index in [-0.39, 0.29) is 33.7 Å². The van der Waals surface area contributed by atoms with Crippen LogP contribution in [0.1, 0.15) is 10.4 Å². The van der Waals surface area contributed by atoms with Crippen molar-refractivity contribution in [2.45, 2.75) is 0 Å². The van der Waals surface area contributed by atoms with Gasteiger partial charge in [0.25, 0.3) is 5.56 Å². The lowest BCUT2D eigenvalue weighted by atomic mass is 10.1. The predicted octanol–water partition coefficient (Wildman–Crippen LogP) is 1.48. The third-order valence-electron chi connectivity index (χ3n) is 3.58. The first-order chi connectivity index (χ1) is 11.6.